The van der Waals surface area contributed by atoms with Crippen molar-refractivity contribution in [1.29, 1.82) is 0 Å². The number of carbonyl (C=O) groups excluding carboxylic acids is 1. The lowest BCUT2D eigenvalue weighted by molar-refractivity contribution is -0.123. The highest BCUT2D eigenvalue weighted by molar-refractivity contribution is 5.79. The van der Waals surface area contributed by atoms with Crippen molar-refractivity contribution in [2.75, 3.05) is 13.2 Å². The van der Waals surface area contributed by atoms with Crippen LogP contribution in [0.15, 0.2) is 0 Å². The zero-order chi connectivity index (χ0) is 12.1. The summed E-state index contributed by atoms with van der Waals surface area (Å²) in [6, 6.07) is 0. The number of hydrogen-bond donors (Lipinski definition) is 0. The molecule has 16 heavy (non-hydrogen) atoms. The van der Waals surface area contributed by atoms with Crippen molar-refractivity contribution in [1.82, 2.24) is 0 Å². The Kier molecular flexibility index (Phi) is 12.4. The summed E-state index contributed by atoms with van der Waals surface area (Å²) < 4.78 is 5.28. The van der Waals surface area contributed by atoms with Gasteiger partial charge in [-0.15, -0.1) is 0 Å². The van der Waals surface area contributed by atoms with E-state index >= 15 is 0 Å². The Bertz CT molecular complexity index is 155. The van der Waals surface area contributed by atoms with Gasteiger partial charge in [0.2, 0.25) is 0 Å². The first kappa shape index (κ1) is 15.6. The second kappa shape index (κ2) is 12.7. The fraction of sp³-hybridized carbons (Fsp3) is 0.929. The number of unbranched alkanes of at least 4 members (excludes halogenated alkanes) is 7. The van der Waals surface area contributed by atoms with E-state index in [1.807, 2.05) is 6.92 Å². The van der Waals surface area contributed by atoms with E-state index in [9.17, 15) is 4.79 Å². The second-order valence-corrected chi connectivity index (χ2v) is 4.42. The molecule has 0 saturated carbocycles. The van der Waals surface area contributed by atoms with Crippen LogP contribution in [-0.4, -0.2) is 19.0 Å². The van der Waals surface area contributed by atoms with Gasteiger partial charge in [0, 0.05) is 13.0 Å². The topological polar surface area (TPSA) is 26.3 Å². The highest BCUT2D eigenvalue weighted by atomic mass is 16.5. The Hall–Kier alpha value is -0.370. The molecule has 0 fully saturated rings. The highest BCUT2D eigenvalue weighted by Crippen LogP contribution is 2.08. The first-order valence-electron chi connectivity index (χ1n) is 6.90. The predicted molar refractivity (Wildman–Crippen MR) is 68.7 cm³/mol. The molecule has 0 aromatic rings. The largest absolute Gasteiger partial charge is 0.374 e. The van der Waals surface area contributed by atoms with E-state index in [1.165, 1.54) is 44.9 Å². The Morgan fingerprint density at radius 3 is 2.00 bits per heavy atom. The Balaban J connectivity index is 2.96. The van der Waals surface area contributed by atoms with Crippen LogP contribution in [0.1, 0.15) is 71.6 Å². The molecule has 0 N–H and O–H groups in total. The molecule has 2 nitrogen and oxygen atoms in total. The lowest BCUT2D eigenvalue weighted by Gasteiger charge is -2.03. The monoisotopic (exact) mass is 228 g/mol. The van der Waals surface area contributed by atoms with Crippen LogP contribution in [0.2, 0.25) is 0 Å². The van der Waals surface area contributed by atoms with Crippen LogP contribution in [0.25, 0.3) is 0 Å². The van der Waals surface area contributed by atoms with E-state index in [-0.39, 0.29) is 5.78 Å². The number of ketones is 1. The molecule has 0 spiro atoms. The first-order chi connectivity index (χ1) is 7.81. The van der Waals surface area contributed by atoms with E-state index in [4.69, 9.17) is 4.74 Å². The SMILES string of the molecule is CCCCCCCCCCOCC(=O)CC. The van der Waals surface area contributed by atoms with Gasteiger partial charge in [-0.25, -0.2) is 0 Å². The van der Waals surface area contributed by atoms with Gasteiger partial charge in [0.1, 0.15) is 6.61 Å². The summed E-state index contributed by atoms with van der Waals surface area (Å²) in [7, 11) is 0. The minimum atomic E-state index is 0.208. The molecule has 96 valence electrons. The van der Waals surface area contributed by atoms with Crippen molar-refractivity contribution in [3.05, 3.63) is 0 Å². The molecule has 0 aliphatic heterocycles. The molecule has 0 aromatic heterocycles. The molecule has 0 aliphatic rings. The van der Waals surface area contributed by atoms with Gasteiger partial charge in [0.15, 0.2) is 5.78 Å². The van der Waals surface area contributed by atoms with Gasteiger partial charge in [-0.1, -0.05) is 58.8 Å². The van der Waals surface area contributed by atoms with Crippen molar-refractivity contribution >= 4 is 5.78 Å². The highest BCUT2D eigenvalue weighted by Gasteiger charge is 1.97. The molecule has 0 saturated heterocycles. The third-order valence-electron chi connectivity index (χ3n) is 2.80. The number of Topliss-reactive ketones (excluding diaryl/α,β-unsaturated/α-hetero) is 1. The van der Waals surface area contributed by atoms with E-state index in [1.54, 1.807) is 0 Å². The summed E-state index contributed by atoms with van der Waals surface area (Å²) in [6.45, 7) is 5.19. The summed E-state index contributed by atoms with van der Waals surface area (Å²) in [5, 5.41) is 0. The van der Waals surface area contributed by atoms with E-state index in [2.05, 4.69) is 6.92 Å². The van der Waals surface area contributed by atoms with Gasteiger partial charge >= 0.3 is 0 Å². The molecule has 0 bridgehead atoms. The minimum absolute atomic E-state index is 0.208. The molecule has 0 radical (unpaired) electrons. The van der Waals surface area contributed by atoms with Gasteiger partial charge in [0.05, 0.1) is 0 Å². The van der Waals surface area contributed by atoms with Crippen LogP contribution < -0.4 is 0 Å². The van der Waals surface area contributed by atoms with Crippen molar-refractivity contribution in [2.45, 2.75) is 71.6 Å². The van der Waals surface area contributed by atoms with Crippen molar-refractivity contribution in [3.8, 4) is 0 Å². The van der Waals surface area contributed by atoms with Gasteiger partial charge in [-0.2, -0.15) is 0 Å². The smallest absolute Gasteiger partial charge is 0.158 e. The molecule has 0 unspecified atom stereocenters. The average Bonchev–Trinajstić information content (AvgIpc) is 2.31. The fourth-order valence-electron chi connectivity index (χ4n) is 1.63. The van der Waals surface area contributed by atoms with Crippen molar-refractivity contribution in [3.63, 3.8) is 0 Å². The third-order valence-corrected chi connectivity index (χ3v) is 2.80. The Labute approximate surface area is 101 Å². The van der Waals surface area contributed by atoms with Crippen molar-refractivity contribution in [2.24, 2.45) is 0 Å². The normalized spacial score (nSPS) is 10.6. The molecule has 0 heterocycles. The fourth-order valence-corrected chi connectivity index (χ4v) is 1.63. The first-order valence-corrected chi connectivity index (χ1v) is 6.90. The molecule has 2 heteroatoms. The summed E-state index contributed by atoms with van der Waals surface area (Å²) >= 11 is 0. The Morgan fingerprint density at radius 2 is 1.44 bits per heavy atom. The summed E-state index contributed by atoms with van der Waals surface area (Å²) in [5.74, 6) is 0.208. The van der Waals surface area contributed by atoms with E-state index < -0.39 is 0 Å². The number of carbonyl (C=O) groups is 1. The van der Waals surface area contributed by atoms with Gasteiger partial charge < -0.3 is 4.74 Å². The molecular formula is C14H28O2. The maximum absolute atomic E-state index is 10.9. The van der Waals surface area contributed by atoms with Crippen LogP contribution in [0.4, 0.5) is 0 Å². The third kappa shape index (κ3) is 11.7. The van der Waals surface area contributed by atoms with Gasteiger partial charge in [0.25, 0.3) is 0 Å². The van der Waals surface area contributed by atoms with Crippen LogP contribution in [0, 0.1) is 0 Å². The van der Waals surface area contributed by atoms with Gasteiger partial charge in [-0.05, 0) is 6.42 Å². The van der Waals surface area contributed by atoms with Crippen LogP contribution in [0.5, 0.6) is 0 Å². The maximum atomic E-state index is 10.9. The number of hydrogen-bond acceptors (Lipinski definition) is 2. The van der Waals surface area contributed by atoms with E-state index in [0.29, 0.717) is 13.0 Å². The molecule has 0 aliphatic carbocycles. The zero-order valence-electron chi connectivity index (χ0n) is 11.1. The second-order valence-electron chi connectivity index (χ2n) is 4.42. The van der Waals surface area contributed by atoms with E-state index in [0.717, 1.165) is 13.0 Å². The molecule has 0 rings (SSSR count). The zero-order valence-corrected chi connectivity index (χ0v) is 11.1. The summed E-state index contributed by atoms with van der Waals surface area (Å²) in [4.78, 5) is 10.9. The summed E-state index contributed by atoms with van der Waals surface area (Å²) in [6.07, 6.45) is 11.1. The summed E-state index contributed by atoms with van der Waals surface area (Å²) in [5.41, 5.74) is 0. The lowest BCUT2D eigenvalue weighted by Crippen LogP contribution is -2.07. The molecule has 0 atom stereocenters. The van der Waals surface area contributed by atoms with Gasteiger partial charge in [-0.3, -0.25) is 4.79 Å². The quantitative estimate of drug-likeness (QED) is 0.470. The molecular weight excluding hydrogens is 200 g/mol. The number of ether oxygens (including phenoxy) is 1. The molecule has 0 amide bonds. The van der Waals surface area contributed by atoms with Crippen LogP contribution >= 0.6 is 0 Å². The average molecular weight is 228 g/mol. The lowest BCUT2D eigenvalue weighted by atomic mass is 10.1. The Morgan fingerprint density at radius 1 is 0.875 bits per heavy atom. The van der Waals surface area contributed by atoms with Crippen LogP contribution in [0.3, 0.4) is 0 Å². The predicted octanol–water partition coefficient (Wildman–Crippen LogP) is 4.12. The number of rotatable bonds is 12. The van der Waals surface area contributed by atoms with Crippen LogP contribution in [-0.2, 0) is 9.53 Å². The minimum Gasteiger partial charge on any atom is -0.374 e. The molecule has 0 aromatic carbocycles. The standard InChI is InChI=1S/C14H28O2/c1-3-5-6-7-8-9-10-11-12-16-13-14(15)4-2/h3-13H2,1-2H3. The van der Waals surface area contributed by atoms with Crippen molar-refractivity contribution < 1.29 is 9.53 Å². The maximum Gasteiger partial charge on any atom is 0.158 e.